The van der Waals surface area contributed by atoms with Crippen LogP contribution in [-0.2, 0) is 5.41 Å². The van der Waals surface area contributed by atoms with Crippen LogP contribution in [-0.4, -0.2) is 10.7 Å². The number of aromatic hydroxyl groups is 1. The number of hydrogen-bond donors (Lipinski definition) is 1. The summed E-state index contributed by atoms with van der Waals surface area (Å²) in [5.41, 5.74) is 3.60. The monoisotopic (exact) mass is 368 g/mol. The molecule has 0 radical (unpaired) electrons. The third-order valence-corrected chi connectivity index (χ3v) is 7.87. The van der Waals surface area contributed by atoms with Crippen molar-refractivity contribution in [2.45, 2.75) is 96.5 Å². The lowest BCUT2D eigenvalue weighted by Gasteiger charge is -2.47. The maximum absolute atomic E-state index is 11.1. The molecule has 1 heterocycles. The average Bonchev–Trinajstić information content (AvgIpc) is 2.61. The summed E-state index contributed by atoms with van der Waals surface area (Å²) in [5.74, 6) is 2.85. The summed E-state index contributed by atoms with van der Waals surface area (Å²) in [7, 11) is 0. The second-order valence-electron chi connectivity index (χ2n) is 10.4. The summed E-state index contributed by atoms with van der Waals surface area (Å²) >= 11 is 0. The van der Waals surface area contributed by atoms with Gasteiger partial charge in [-0.05, 0) is 75.5 Å². The molecule has 1 aromatic carbocycles. The molecule has 1 aliphatic heterocycles. The summed E-state index contributed by atoms with van der Waals surface area (Å²) in [6, 6.07) is 4.31. The fourth-order valence-corrected chi connectivity index (χ4v) is 6.00. The maximum Gasteiger partial charge on any atom is 0.127 e. The van der Waals surface area contributed by atoms with Gasteiger partial charge in [0, 0.05) is 17.4 Å². The largest absolute Gasteiger partial charge is 0.508 e. The van der Waals surface area contributed by atoms with Crippen molar-refractivity contribution in [1.82, 2.24) is 0 Å². The van der Waals surface area contributed by atoms with Crippen LogP contribution < -0.4 is 4.74 Å². The first-order valence-corrected chi connectivity index (χ1v) is 10.9. The molecule has 3 aliphatic rings. The van der Waals surface area contributed by atoms with Crippen molar-refractivity contribution in [3.63, 3.8) is 0 Å². The van der Waals surface area contributed by atoms with Gasteiger partial charge in [0.25, 0.3) is 0 Å². The van der Waals surface area contributed by atoms with Crippen LogP contribution >= 0.6 is 0 Å². The normalized spacial score (nSPS) is 28.0. The Morgan fingerprint density at radius 1 is 1.11 bits per heavy atom. The van der Waals surface area contributed by atoms with Gasteiger partial charge in [-0.25, -0.2) is 0 Å². The molecule has 0 unspecified atom stereocenters. The van der Waals surface area contributed by atoms with Crippen LogP contribution in [0.4, 0.5) is 0 Å². The zero-order valence-corrected chi connectivity index (χ0v) is 17.8. The lowest BCUT2D eigenvalue weighted by Crippen LogP contribution is -2.45. The predicted molar refractivity (Wildman–Crippen MR) is 112 cm³/mol. The quantitative estimate of drug-likeness (QED) is 0.578. The van der Waals surface area contributed by atoms with Gasteiger partial charge in [-0.15, -0.1) is 0 Å². The highest BCUT2D eigenvalue weighted by Gasteiger charge is 2.46. The van der Waals surface area contributed by atoms with E-state index in [1.54, 1.807) is 0 Å². The fraction of sp³-hybridized carbons (Fsp3) is 0.680. The topological polar surface area (TPSA) is 29.5 Å². The van der Waals surface area contributed by atoms with E-state index in [4.69, 9.17) is 4.74 Å². The predicted octanol–water partition coefficient (Wildman–Crippen LogP) is 6.86. The minimum absolute atomic E-state index is 0.0691. The molecule has 2 heteroatoms. The molecule has 2 aliphatic carbocycles. The molecule has 1 fully saturated rings. The molecule has 0 bridgehead atoms. The number of phenolic OH excluding ortho intramolecular Hbond substituents is 1. The Morgan fingerprint density at radius 3 is 2.52 bits per heavy atom. The number of phenols is 1. The average molecular weight is 369 g/mol. The third kappa shape index (κ3) is 3.19. The molecule has 0 aromatic heterocycles. The van der Waals surface area contributed by atoms with Gasteiger partial charge in [0.15, 0.2) is 0 Å². The molecule has 1 saturated carbocycles. The van der Waals surface area contributed by atoms with Crippen molar-refractivity contribution in [3.8, 4) is 11.5 Å². The van der Waals surface area contributed by atoms with E-state index in [-0.39, 0.29) is 11.0 Å². The number of rotatable bonds is 2. The number of hydrogen-bond acceptors (Lipinski definition) is 2. The number of ether oxygens (including phenoxy) is 1. The fourth-order valence-electron chi connectivity index (χ4n) is 6.00. The Morgan fingerprint density at radius 2 is 1.81 bits per heavy atom. The molecule has 0 amide bonds. The highest BCUT2D eigenvalue weighted by Crippen LogP contribution is 2.55. The van der Waals surface area contributed by atoms with E-state index in [0.29, 0.717) is 23.5 Å². The Hall–Kier alpha value is -1.44. The summed E-state index contributed by atoms with van der Waals surface area (Å²) < 4.78 is 6.54. The van der Waals surface area contributed by atoms with E-state index in [1.165, 1.54) is 43.2 Å². The molecule has 4 rings (SSSR count). The number of fused-ring (bicyclic) bond motifs is 3. The third-order valence-electron chi connectivity index (χ3n) is 7.87. The van der Waals surface area contributed by atoms with E-state index in [2.05, 4.69) is 52.8 Å². The highest BCUT2D eigenvalue weighted by molar-refractivity contribution is 5.54. The van der Waals surface area contributed by atoms with Crippen molar-refractivity contribution in [1.29, 1.82) is 0 Å². The molecule has 148 valence electrons. The van der Waals surface area contributed by atoms with Gasteiger partial charge >= 0.3 is 0 Å². The first-order chi connectivity index (χ1) is 12.7. The minimum Gasteiger partial charge on any atom is -0.508 e. The SMILES string of the molecule is CC1=CC[C@@H]2[C@@H](C1)c1c(O)cc(C(C)(C)C3CCCCC3)cc1OC2(C)C. The van der Waals surface area contributed by atoms with Gasteiger partial charge in [0.2, 0.25) is 0 Å². The Kier molecular flexibility index (Phi) is 4.60. The molecule has 2 atom stereocenters. The summed E-state index contributed by atoms with van der Waals surface area (Å²) in [5, 5.41) is 11.1. The van der Waals surface area contributed by atoms with Crippen molar-refractivity contribution in [2.75, 3.05) is 0 Å². The molecular weight excluding hydrogens is 332 g/mol. The number of benzene rings is 1. The van der Waals surface area contributed by atoms with Crippen molar-refractivity contribution in [2.24, 2.45) is 11.8 Å². The highest BCUT2D eigenvalue weighted by atomic mass is 16.5. The van der Waals surface area contributed by atoms with E-state index < -0.39 is 0 Å². The van der Waals surface area contributed by atoms with Crippen LogP contribution in [0.25, 0.3) is 0 Å². The van der Waals surface area contributed by atoms with Gasteiger partial charge in [-0.1, -0.05) is 44.8 Å². The van der Waals surface area contributed by atoms with Crippen molar-refractivity contribution < 1.29 is 9.84 Å². The second-order valence-corrected chi connectivity index (χ2v) is 10.4. The summed E-state index contributed by atoms with van der Waals surface area (Å²) in [6.07, 6.45) is 11.1. The lowest BCUT2D eigenvalue weighted by atomic mass is 9.65. The molecule has 0 saturated heterocycles. The smallest absolute Gasteiger partial charge is 0.127 e. The van der Waals surface area contributed by atoms with E-state index in [0.717, 1.165) is 24.2 Å². The Balaban J connectivity index is 1.76. The van der Waals surface area contributed by atoms with Gasteiger partial charge in [-0.2, -0.15) is 0 Å². The molecule has 1 N–H and O–H groups in total. The van der Waals surface area contributed by atoms with Crippen LogP contribution in [0.3, 0.4) is 0 Å². The van der Waals surface area contributed by atoms with Gasteiger partial charge in [0.05, 0.1) is 0 Å². The van der Waals surface area contributed by atoms with Crippen LogP contribution in [0.5, 0.6) is 11.5 Å². The second kappa shape index (κ2) is 6.57. The molecular formula is C25H36O2. The van der Waals surface area contributed by atoms with Crippen LogP contribution in [0, 0.1) is 11.8 Å². The van der Waals surface area contributed by atoms with Crippen LogP contribution in [0.2, 0.25) is 0 Å². The van der Waals surface area contributed by atoms with Crippen molar-refractivity contribution >= 4 is 0 Å². The molecule has 1 aromatic rings. The molecule has 0 spiro atoms. The molecule has 27 heavy (non-hydrogen) atoms. The van der Waals surface area contributed by atoms with E-state index >= 15 is 0 Å². The maximum atomic E-state index is 11.1. The standard InChI is InChI=1S/C25H36O2/c1-16-11-12-20-19(13-16)23-21(26)14-18(15-22(23)27-25(20,4)5)24(2,3)17-9-7-6-8-10-17/h11,14-15,17,19-20,26H,6-10,12-13H2,1-5H3/t19-,20-/m1/s1. The van der Waals surface area contributed by atoms with Crippen LogP contribution in [0.1, 0.15) is 96.6 Å². The Labute approximate surface area is 165 Å². The first kappa shape index (κ1) is 18.9. The zero-order valence-electron chi connectivity index (χ0n) is 17.8. The zero-order chi connectivity index (χ0) is 19.4. The van der Waals surface area contributed by atoms with E-state index in [9.17, 15) is 5.11 Å². The first-order valence-electron chi connectivity index (χ1n) is 10.9. The number of allylic oxidation sites excluding steroid dienone is 2. The van der Waals surface area contributed by atoms with E-state index in [1.807, 2.05) is 0 Å². The van der Waals surface area contributed by atoms with Gasteiger partial charge < -0.3 is 9.84 Å². The van der Waals surface area contributed by atoms with Gasteiger partial charge in [-0.3, -0.25) is 0 Å². The van der Waals surface area contributed by atoms with Crippen LogP contribution in [0.15, 0.2) is 23.8 Å². The summed E-state index contributed by atoms with van der Waals surface area (Å²) in [6.45, 7) is 11.4. The van der Waals surface area contributed by atoms with Crippen molar-refractivity contribution in [3.05, 3.63) is 34.9 Å². The summed E-state index contributed by atoms with van der Waals surface area (Å²) in [4.78, 5) is 0. The Bertz CT molecular complexity index is 750. The van der Waals surface area contributed by atoms with Gasteiger partial charge in [0.1, 0.15) is 17.1 Å². The lowest BCUT2D eigenvalue weighted by molar-refractivity contribution is 0.00734. The molecule has 2 nitrogen and oxygen atoms in total. The minimum atomic E-state index is -0.199.